The highest BCUT2D eigenvalue weighted by Crippen LogP contribution is 2.09. The lowest BCUT2D eigenvalue weighted by atomic mass is 10.3. The molecule has 0 unspecified atom stereocenters. The molecule has 0 fully saturated rings. The van der Waals surface area contributed by atoms with Crippen molar-refractivity contribution in [3.63, 3.8) is 0 Å². The number of aromatic nitrogens is 2. The Bertz CT molecular complexity index is 623. The van der Waals surface area contributed by atoms with Crippen LogP contribution in [0.4, 0.5) is 4.39 Å². The summed E-state index contributed by atoms with van der Waals surface area (Å²) < 4.78 is 14.7. The molecule has 1 aromatic heterocycles. The second-order valence-corrected chi connectivity index (χ2v) is 4.92. The molecule has 0 radical (unpaired) electrons. The molecule has 0 bridgehead atoms. The number of benzene rings is 1. The Kier molecular flexibility index (Phi) is 6.17. The monoisotopic (exact) mass is 415 g/mol. The van der Waals surface area contributed by atoms with E-state index in [0.29, 0.717) is 0 Å². The van der Waals surface area contributed by atoms with Crippen LogP contribution in [-0.2, 0) is 6.42 Å². The molecule has 0 aliphatic carbocycles. The maximum atomic E-state index is 12.9. The fourth-order valence-corrected chi connectivity index (χ4v) is 2.19. The van der Waals surface area contributed by atoms with Gasteiger partial charge in [0.05, 0.1) is 11.4 Å². The van der Waals surface area contributed by atoms with Crippen molar-refractivity contribution in [2.45, 2.75) is 12.8 Å². The van der Waals surface area contributed by atoms with Crippen molar-refractivity contribution >= 4 is 29.9 Å². The molecule has 3 rings (SSSR count). The largest absolute Gasteiger partial charge is 0.356 e. The number of nitrogens with zero attached hydrogens (tertiary/aromatic N) is 3. The van der Waals surface area contributed by atoms with Crippen LogP contribution < -0.4 is 10.6 Å². The van der Waals surface area contributed by atoms with Gasteiger partial charge in [-0.1, -0.05) is 0 Å². The number of hydrogen-bond acceptors (Lipinski definition) is 4. The number of nitrogens with one attached hydrogen (secondary N) is 2. The summed E-state index contributed by atoms with van der Waals surface area (Å²) in [5.41, 5.74) is 1.84. The van der Waals surface area contributed by atoms with Gasteiger partial charge in [-0.05, 0) is 36.8 Å². The summed E-state index contributed by atoms with van der Waals surface area (Å²) in [6.45, 7) is 2.64. The highest BCUT2D eigenvalue weighted by Gasteiger charge is 2.04. The van der Waals surface area contributed by atoms with Crippen LogP contribution in [-0.4, -0.2) is 35.4 Å². The third kappa shape index (κ3) is 4.43. The summed E-state index contributed by atoms with van der Waals surface area (Å²) in [7, 11) is 0. The number of halogens is 2. The second kappa shape index (κ2) is 8.11. The molecule has 2 aromatic rings. The fraction of sp³-hybridized carbons (Fsp3) is 0.333. The van der Waals surface area contributed by atoms with Gasteiger partial charge in [-0.3, -0.25) is 4.99 Å². The van der Waals surface area contributed by atoms with Gasteiger partial charge in [-0.2, -0.15) is 5.10 Å². The minimum atomic E-state index is -0.240. The first-order valence-corrected chi connectivity index (χ1v) is 7.14. The Labute approximate surface area is 146 Å². The molecule has 0 saturated heterocycles. The van der Waals surface area contributed by atoms with E-state index in [1.807, 2.05) is 12.3 Å². The molecule has 0 spiro atoms. The highest BCUT2D eigenvalue weighted by molar-refractivity contribution is 14.0. The van der Waals surface area contributed by atoms with E-state index < -0.39 is 0 Å². The van der Waals surface area contributed by atoms with Gasteiger partial charge in [0, 0.05) is 32.3 Å². The van der Waals surface area contributed by atoms with E-state index in [1.165, 1.54) is 12.1 Å². The Morgan fingerprint density at radius 3 is 2.77 bits per heavy atom. The van der Waals surface area contributed by atoms with Crippen LogP contribution >= 0.6 is 24.0 Å². The van der Waals surface area contributed by atoms with Gasteiger partial charge in [0.25, 0.3) is 0 Å². The summed E-state index contributed by atoms with van der Waals surface area (Å²) in [5.74, 6) is 0.635. The number of rotatable bonds is 4. The Hall–Kier alpha value is -1.64. The van der Waals surface area contributed by atoms with Gasteiger partial charge in [-0.15, -0.1) is 24.0 Å². The van der Waals surface area contributed by atoms with Crippen LogP contribution in [0.1, 0.15) is 12.1 Å². The molecule has 118 valence electrons. The van der Waals surface area contributed by atoms with Gasteiger partial charge in [0.15, 0.2) is 5.96 Å². The van der Waals surface area contributed by atoms with Crippen LogP contribution in [0.5, 0.6) is 0 Å². The zero-order chi connectivity index (χ0) is 14.5. The van der Waals surface area contributed by atoms with Crippen LogP contribution in [0.3, 0.4) is 0 Å². The quantitative estimate of drug-likeness (QED) is 0.753. The molecule has 0 amide bonds. The zero-order valence-corrected chi connectivity index (χ0v) is 14.5. The normalized spacial score (nSPS) is 13.8. The van der Waals surface area contributed by atoms with Crippen molar-refractivity contribution in [2.75, 3.05) is 19.6 Å². The van der Waals surface area contributed by atoms with E-state index in [0.717, 1.165) is 49.8 Å². The van der Waals surface area contributed by atoms with Crippen LogP contribution in [0, 0.1) is 5.82 Å². The van der Waals surface area contributed by atoms with Gasteiger partial charge in [-0.25, -0.2) is 9.07 Å². The predicted octanol–water partition coefficient (Wildman–Crippen LogP) is 2.11. The average Bonchev–Trinajstić information content (AvgIpc) is 2.98. The molecule has 2 N–H and O–H groups in total. The number of guanidine groups is 1. The van der Waals surface area contributed by atoms with E-state index >= 15 is 0 Å². The van der Waals surface area contributed by atoms with Gasteiger partial charge in [0.1, 0.15) is 5.82 Å². The summed E-state index contributed by atoms with van der Waals surface area (Å²) in [5, 5.41) is 11.0. The number of aliphatic imine (C=N–C) groups is 1. The molecular formula is C15H19FIN5. The Morgan fingerprint density at radius 2 is 2.05 bits per heavy atom. The van der Waals surface area contributed by atoms with Crippen molar-refractivity contribution in [1.82, 2.24) is 20.4 Å². The first kappa shape index (κ1) is 16.7. The lowest BCUT2D eigenvalue weighted by molar-refractivity contribution is 0.627. The summed E-state index contributed by atoms with van der Waals surface area (Å²) >= 11 is 0. The van der Waals surface area contributed by atoms with Crippen molar-refractivity contribution < 1.29 is 4.39 Å². The lowest BCUT2D eigenvalue weighted by Crippen LogP contribution is -2.41. The van der Waals surface area contributed by atoms with E-state index in [2.05, 4.69) is 20.7 Å². The molecule has 0 atom stereocenters. The summed E-state index contributed by atoms with van der Waals surface area (Å²) in [6.07, 6.45) is 3.79. The highest BCUT2D eigenvalue weighted by atomic mass is 127. The average molecular weight is 415 g/mol. The van der Waals surface area contributed by atoms with Crippen LogP contribution in [0.15, 0.2) is 41.5 Å². The number of hydrogen-bond donors (Lipinski definition) is 2. The Morgan fingerprint density at radius 1 is 1.23 bits per heavy atom. The standard InChI is InChI=1S/C15H18FN5.HI/c16-12-2-4-14(5-3-12)21-11-7-13(20-21)6-10-19-15-17-8-1-9-18-15;/h2-5,7,11H,1,6,8-10H2,(H2,17,18,19);1H. The van der Waals surface area contributed by atoms with E-state index in [9.17, 15) is 4.39 Å². The van der Waals surface area contributed by atoms with Crippen molar-refractivity contribution in [3.8, 4) is 5.69 Å². The summed E-state index contributed by atoms with van der Waals surface area (Å²) in [4.78, 5) is 4.35. The van der Waals surface area contributed by atoms with Gasteiger partial charge in [0.2, 0.25) is 0 Å². The molecule has 1 aromatic carbocycles. The third-order valence-electron chi connectivity index (χ3n) is 3.31. The first-order valence-electron chi connectivity index (χ1n) is 7.14. The van der Waals surface area contributed by atoms with Crippen LogP contribution in [0.25, 0.3) is 5.69 Å². The first-order chi connectivity index (χ1) is 10.3. The molecule has 0 saturated carbocycles. The van der Waals surface area contributed by atoms with Gasteiger partial charge >= 0.3 is 0 Å². The molecule has 5 nitrogen and oxygen atoms in total. The van der Waals surface area contributed by atoms with Crippen molar-refractivity contribution in [2.24, 2.45) is 4.99 Å². The van der Waals surface area contributed by atoms with Gasteiger partial charge < -0.3 is 10.6 Å². The van der Waals surface area contributed by atoms with Crippen LogP contribution in [0.2, 0.25) is 0 Å². The van der Waals surface area contributed by atoms with E-state index in [4.69, 9.17) is 0 Å². The maximum Gasteiger partial charge on any atom is 0.191 e. The Balaban J connectivity index is 0.00000176. The third-order valence-corrected chi connectivity index (χ3v) is 3.31. The predicted molar refractivity (Wildman–Crippen MR) is 95.6 cm³/mol. The molecular weight excluding hydrogens is 396 g/mol. The summed E-state index contributed by atoms with van der Waals surface area (Å²) in [6, 6.07) is 8.27. The SMILES string of the molecule is Fc1ccc(-n2ccc(CCNC3=NCCCN3)n2)cc1.I. The minimum Gasteiger partial charge on any atom is -0.356 e. The smallest absolute Gasteiger partial charge is 0.191 e. The lowest BCUT2D eigenvalue weighted by Gasteiger charge is -2.15. The van der Waals surface area contributed by atoms with E-state index in [1.54, 1.807) is 16.8 Å². The minimum absolute atomic E-state index is 0. The van der Waals surface area contributed by atoms with E-state index in [-0.39, 0.29) is 29.8 Å². The molecule has 7 heteroatoms. The molecule has 1 aliphatic heterocycles. The van der Waals surface area contributed by atoms with Crippen molar-refractivity contribution in [1.29, 1.82) is 0 Å². The molecule has 1 aliphatic rings. The fourth-order valence-electron chi connectivity index (χ4n) is 2.19. The van der Waals surface area contributed by atoms with Crippen molar-refractivity contribution in [3.05, 3.63) is 48.0 Å². The molecule has 2 heterocycles. The zero-order valence-electron chi connectivity index (χ0n) is 12.1. The topological polar surface area (TPSA) is 54.2 Å². The maximum absolute atomic E-state index is 12.9. The molecule has 22 heavy (non-hydrogen) atoms. The second-order valence-electron chi connectivity index (χ2n) is 4.92.